The number of carbonyl (C=O) groups is 2. The first-order chi connectivity index (χ1) is 17.7. The Kier molecular flexibility index (Phi) is 6.57. The normalized spacial score (nSPS) is 17.0. The van der Waals surface area contributed by atoms with Crippen LogP contribution in [-0.4, -0.2) is 41.1 Å². The Morgan fingerprint density at radius 2 is 1.89 bits per heavy atom. The minimum Gasteiger partial charge on any atom is -0.507 e. The summed E-state index contributed by atoms with van der Waals surface area (Å²) < 4.78 is 11.6. The minimum atomic E-state index is -1.08. The number of ether oxygens (including phenoxy) is 2. The van der Waals surface area contributed by atoms with Crippen LogP contribution in [0.3, 0.4) is 0 Å². The van der Waals surface area contributed by atoms with E-state index in [4.69, 9.17) is 21.1 Å². The van der Waals surface area contributed by atoms with Gasteiger partial charge in [0, 0.05) is 10.6 Å². The van der Waals surface area contributed by atoms with E-state index < -0.39 is 17.7 Å². The molecule has 5 rings (SSSR count). The van der Waals surface area contributed by atoms with Crippen LogP contribution >= 0.6 is 38.9 Å². The number of aromatic hydroxyl groups is 1. The van der Waals surface area contributed by atoms with Gasteiger partial charge in [-0.3, -0.25) is 14.5 Å². The van der Waals surface area contributed by atoms with E-state index in [1.165, 1.54) is 36.5 Å². The molecule has 1 saturated heterocycles. The van der Waals surface area contributed by atoms with Gasteiger partial charge in [-0.15, -0.1) is 0 Å². The zero-order valence-corrected chi connectivity index (χ0v) is 22.5. The number of amides is 1. The number of hydrogen-bond donors (Lipinski definition) is 2. The van der Waals surface area contributed by atoms with E-state index in [1.807, 2.05) is 0 Å². The van der Waals surface area contributed by atoms with Gasteiger partial charge in [0.1, 0.15) is 11.5 Å². The second-order valence-electron chi connectivity index (χ2n) is 8.06. The number of hydrogen-bond acceptors (Lipinski definition) is 8. The first-order valence-corrected chi connectivity index (χ1v) is 12.8. The predicted molar refractivity (Wildman–Crippen MR) is 145 cm³/mol. The number of carbonyl (C=O) groups excluding carboxylic acids is 2. The number of methoxy groups -OCH3 is 2. The highest BCUT2D eigenvalue weighted by molar-refractivity contribution is 9.10. The second-order valence-corrected chi connectivity index (χ2v) is 10.4. The summed E-state index contributed by atoms with van der Waals surface area (Å²) in [4.78, 5) is 32.7. The van der Waals surface area contributed by atoms with Crippen molar-refractivity contribution in [1.29, 1.82) is 0 Å². The van der Waals surface area contributed by atoms with Crippen molar-refractivity contribution in [3.8, 4) is 17.2 Å². The number of ketones is 1. The van der Waals surface area contributed by atoms with Crippen LogP contribution in [0.5, 0.6) is 17.2 Å². The molecule has 2 N–H and O–H groups in total. The highest BCUT2D eigenvalue weighted by Crippen LogP contribution is 2.47. The van der Waals surface area contributed by atoms with Crippen molar-refractivity contribution in [2.75, 3.05) is 19.1 Å². The van der Waals surface area contributed by atoms with E-state index in [-0.39, 0.29) is 32.4 Å². The third-order valence-corrected chi connectivity index (χ3v) is 7.78. The van der Waals surface area contributed by atoms with Crippen LogP contribution in [0.25, 0.3) is 16.0 Å². The monoisotopic (exact) mass is 600 g/mol. The molecule has 4 aromatic rings. The number of anilines is 1. The smallest absolute Gasteiger partial charge is 0.301 e. The fourth-order valence-electron chi connectivity index (χ4n) is 4.17. The molecule has 2 heterocycles. The summed E-state index contributed by atoms with van der Waals surface area (Å²) in [6.45, 7) is 0. The summed E-state index contributed by atoms with van der Waals surface area (Å²) in [5.41, 5.74) is 1.16. The number of nitrogens with zero attached hydrogens (tertiary/aromatic N) is 2. The molecule has 37 heavy (non-hydrogen) atoms. The largest absolute Gasteiger partial charge is 0.507 e. The molecular weight excluding hydrogens is 584 g/mol. The Hall–Kier alpha value is -3.60. The Labute approximate surface area is 228 Å². The lowest BCUT2D eigenvalue weighted by molar-refractivity contribution is -0.132. The number of aliphatic hydroxyl groups excluding tert-OH is 1. The number of fused-ring (bicyclic) bond motifs is 1. The summed E-state index contributed by atoms with van der Waals surface area (Å²) in [5, 5.41) is 22.5. The highest BCUT2D eigenvalue weighted by atomic mass is 79.9. The van der Waals surface area contributed by atoms with Crippen LogP contribution in [-0.2, 0) is 9.59 Å². The van der Waals surface area contributed by atoms with Crippen LogP contribution in [0.4, 0.5) is 5.13 Å². The number of halogens is 2. The third-order valence-electron chi connectivity index (χ3n) is 5.92. The molecule has 0 spiro atoms. The first-order valence-electron chi connectivity index (χ1n) is 10.8. The lowest BCUT2D eigenvalue weighted by Crippen LogP contribution is -2.29. The SMILES string of the molecule is COc1cccc(C(O)=C2C(=O)C(=O)N(c3nc4ccc(Cl)cc4s3)C2c2cc(Br)c(O)c(OC)c2)c1. The van der Waals surface area contributed by atoms with Crippen LogP contribution in [0.2, 0.25) is 5.02 Å². The van der Waals surface area contributed by atoms with Gasteiger partial charge in [0.15, 0.2) is 16.6 Å². The number of aromatic nitrogens is 1. The standard InChI is InChI=1S/C26H18BrClN2O6S/c1-35-15-5-3-4-12(8-15)22(31)20-21(13-9-16(27)23(32)18(10-13)36-2)30(25(34)24(20)33)26-29-17-7-6-14(28)11-19(17)37-26/h3-11,21,31-32H,1-2H3. The molecule has 3 aromatic carbocycles. The fraction of sp³-hybridized carbons (Fsp3) is 0.115. The maximum absolute atomic E-state index is 13.5. The zero-order valence-electron chi connectivity index (χ0n) is 19.4. The average molecular weight is 602 g/mol. The van der Waals surface area contributed by atoms with E-state index in [1.54, 1.807) is 48.5 Å². The van der Waals surface area contributed by atoms with Crippen molar-refractivity contribution in [1.82, 2.24) is 4.98 Å². The molecule has 0 bridgehead atoms. The molecule has 1 atom stereocenters. The zero-order chi connectivity index (χ0) is 26.4. The van der Waals surface area contributed by atoms with Gasteiger partial charge >= 0.3 is 5.91 Å². The highest BCUT2D eigenvalue weighted by Gasteiger charge is 2.48. The molecule has 1 amide bonds. The van der Waals surface area contributed by atoms with Gasteiger partial charge in [0.05, 0.1) is 40.5 Å². The van der Waals surface area contributed by atoms with E-state index in [0.29, 0.717) is 27.4 Å². The summed E-state index contributed by atoms with van der Waals surface area (Å²) in [6.07, 6.45) is 0. The number of phenols is 1. The van der Waals surface area contributed by atoms with E-state index in [9.17, 15) is 19.8 Å². The van der Waals surface area contributed by atoms with Crippen LogP contribution in [0.1, 0.15) is 17.2 Å². The molecule has 0 saturated carbocycles. The van der Waals surface area contributed by atoms with Crippen molar-refractivity contribution in [3.05, 3.63) is 80.8 Å². The number of thiazole rings is 1. The topological polar surface area (TPSA) is 109 Å². The van der Waals surface area contributed by atoms with Gasteiger partial charge < -0.3 is 19.7 Å². The maximum atomic E-state index is 13.5. The van der Waals surface area contributed by atoms with Crippen LogP contribution in [0, 0.1) is 0 Å². The van der Waals surface area contributed by atoms with Gasteiger partial charge in [0.2, 0.25) is 0 Å². The van der Waals surface area contributed by atoms with Crippen molar-refractivity contribution in [2.24, 2.45) is 0 Å². The number of benzene rings is 3. The maximum Gasteiger partial charge on any atom is 0.301 e. The Bertz CT molecular complexity index is 1620. The molecule has 0 radical (unpaired) electrons. The molecule has 11 heteroatoms. The molecule has 8 nitrogen and oxygen atoms in total. The number of aliphatic hydroxyl groups is 1. The molecule has 0 aliphatic carbocycles. The number of rotatable bonds is 5. The molecule has 1 aliphatic heterocycles. The van der Waals surface area contributed by atoms with Gasteiger partial charge in [-0.05, 0) is 64.0 Å². The van der Waals surface area contributed by atoms with Crippen LogP contribution < -0.4 is 14.4 Å². The third kappa shape index (κ3) is 4.30. The first kappa shape index (κ1) is 25.1. The lowest BCUT2D eigenvalue weighted by Gasteiger charge is -2.24. The second kappa shape index (κ2) is 9.70. The van der Waals surface area contributed by atoms with Gasteiger partial charge in [-0.2, -0.15) is 0 Å². The summed E-state index contributed by atoms with van der Waals surface area (Å²) in [7, 11) is 2.87. The van der Waals surface area contributed by atoms with Crippen LogP contribution in [0.15, 0.2) is 64.6 Å². The molecule has 1 aliphatic rings. The minimum absolute atomic E-state index is 0.118. The molecule has 1 fully saturated rings. The van der Waals surface area contributed by atoms with E-state index >= 15 is 0 Å². The Balaban J connectivity index is 1.77. The van der Waals surface area contributed by atoms with Gasteiger partial charge in [-0.1, -0.05) is 35.1 Å². The molecule has 1 aromatic heterocycles. The quantitative estimate of drug-likeness (QED) is 0.163. The number of Topliss-reactive ketones (excluding diaryl/α,β-unsaturated/α-hetero) is 1. The van der Waals surface area contributed by atoms with Crippen molar-refractivity contribution in [2.45, 2.75) is 6.04 Å². The predicted octanol–water partition coefficient (Wildman–Crippen LogP) is 6.06. The van der Waals surface area contributed by atoms with Crippen molar-refractivity contribution in [3.63, 3.8) is 0 Å². The van der Waals surface area contributed by atoms with Gasteiger partial charge in [-0.25, -0.2) is 4.98 Å². The number of phenolic OH excluding ortho intramolecular Hbond substituents is 1. The Morgan fingerprint density at radius 1 is 1.11 bits per heavy atom. The molecular formula is C26H18BrClN2O6S. The average Bonchev–Trinajstić information content (AvgIpc) is 3.42. The Morgan fingerprint density at radius 3 is 2.62 bits per heavy atom. The van der Waals surface area contributed by atoms with Crippen molar-refractivity contribution < 1.29 is 29.3 Å². The molecule has 1 unspecified atom stereocenters. The van der Waals surface area contributed by atoms with E-state index in [0.717, 1.165) is 4.70 Å². The molecule has 188 valence electrons. The van der Waals surface area contributed by atoms with E-state index in [2.05, 4.69) is 20.9 Å². The van der Waals surface area contributed by atoms with Gasteiger partial charge in [0.25, 0.3) is 5.78 Å². The summed E-state index contributed by atoms with van der Waals surface area (Å²) >= 11 is 10.6. The summed E-state index contributed by atoms with van der Waals surface area (Å²) in [5.74, 6) is -1.68. The lowest BCUT2D eigenvalue weighted by atomic mass is 9.95. The fourth-order valence-corrected chi connectivity index (χ4v) is 5.90. The van der Waals surface area contributed by atoms with Crippen molar-refractivity contribution >= 4 is 71.7 Å². The summed E-state index contributed by atoms with van der Waals surface area (Å²) in [6, 6.07) is 13.6.